The average molecular weight is 281 g/mol. The molecule has 0 aliphatic heterocycles. The standard InChI is InChI=1S/C19H23NO/c1-15-9-11-17(12-10-15)20-13-14-21-19-8-4-6-16-5-2-3-7-18(16)19/h2-3,5,7,9-12,19-20H,4,6,8,13-14H2,1H3. The molecule has 0 radical (unpaired) electrons. The van der Waals surface area contributed by atoms with Crippen molar-refractivity contribution in [3.8, 4) is 0 Å². The SMILES string of the molecule is Cc1ccc(NCCOC2CCCc3ccccc32)cc1. The molecule has 3 rings (SSSR count). The molecule has 0 aromatic heterocycles. The monoisotopic (exact) mass is 281 g/mol. The Kier molecular flexibility index (Phi) is 4.56. The van der Waals surface area contributed by atoms with Gasteiger partial charge in [-0.2, -0.15) is 0 Å². The van der Waals surface area contributed by atoms with Gasteiger partial charge in [-0.3, -0.25) is 0 Å². The second kappa shape index (κ2) is 6.77. The molecule has 0 amide bonds. The molecule has 1 aliphatic carbocycles. The lowest BCUT2D eigenvalue weighted by Crippen LogP contribution is -2.17. The number of anilines is 1. The van der Waals surface area contributed by atoms with Crippen LogP contribution in [0, 0.1) is 6.92 Å². The lowest BCUT2D eigenvalue weighted by Gasteiger charge is -2.25. The zero-order chi connectivity index (χ0) is 14.5. The lowest BCUT2D eigenvalue weighted by atomic mass is 9.89. The fourth-order valence-corrected chi connectivity index (χ4v) is 2.95. The summed E-state index contributed by atoms with van der Waals surface area (Å²) in [5, 5.41) is 3.41. The second-order valence-corrected chi connectivity index (χ2v) is 5.74. The summed E-state index contributed by atoms with van der Waals surface area (Å²) in [6.45, 7) is 3.70. The zero-order valence-corrected chi connectivity index (χ0v) is 12.6. The number of nitrogens with one attached hydrogen (secondary N) is 1. The van der Waals surface area contributed by atoms with Gasteiger partial charge < -0.3 is 10.1 Å². The summed E-state index contributed by atoms with van der Waals surface area (Å²) in [6.07, 6.45) is 3.83. The molecule has 2 aromatic carbocycles. The Bertz CT molecular complexity index is 576. The third kappa shape index (κ3) is 3.64. The number of hydrogen-bond acceptors (Lipinski definition) is 2. The van der Waals surface area contributed by atoms with Crippen LogP contribution >= 0.6 is 0 Å². The van der Waals surface area contributed by atoms with Crippen LogP contribution in [0.15, 0.2) is 48.5 Å². The van der Waals surface area contributed by atoms with Crippen molar-refractivity contribution in [1.29, 1.82) is 0 Å². The molecule has 0 saturated heterocycles. The van der Waals surface area contributed by atoms with E-state index in [1.165, 1.54) is 29.5 Å². The summed E-state index contributed by atoms with van der Waals surface area (Å²) in [5.41, 5.74) is 5.29. The molecule has 1 unspecified atom stereocenters. The van der Waals surface area contributed by atoms with Crippen LogP contribution < -0.4 is 5.32 Å². The van der Waals surface area contributed by atoms with Gasteiger partial charge in [0.15, 0.2) is 0 Å². The Morgan fingerprint density at radius 3 is 2.76 bits per heavy atom. The van der Waals surface area contributed by atoms with E-state index < -0.39 is 0 Å². The smallest absolute Gasteiger partial charge is 0.0828 e. The Labute approximate surface area is 127 Å². The third-order valence-corrected chi connectivity index (χ3v) is 4.12. The van der Waals surface area contributed by atoms with Gasteiger partial charge in [0.25, 0.3) is 0 Å². The molecule has 21 heavy (non-hydrogen) atoms. The highest BCUT2D eigenvalue weighted by Crippen LogP contribution is 2.32. The van der Waals surface area contributed by atoms with Crippen LogP contribution in [0.3, 0.4) is 0 Å². The molecule has 0 bridgehead atoms. The molecule has 1 N–H and O–H groups in total. The summed E-state index contributed by atoms with van der Waals surface area (Å²) in [4.78, 5) is 0. The number of fused-ring (bicyclic) bond motifs is 1. The maximum absolute atomic E-state index is 6.09. The van der Waals surface area contributed by atoms with Crippen LogP contribution in [0.25, 0.3) is 0 Å². The predicted octanol–water partition coefficient (Wildman–Crippen LogP) is 4.50. The van der Waals surface area contributed by atoms with E-state index in [0.717, 1.165) is 25.3 Å². The predicted molar refractivity (Wildman–Crippen MR) is 87.7 cm³/mol. The van der Waals surface area contributed by atoms with Crippen LogP contribution in [0.5, 0.6) is 0 Å². The molecule has 0 saturated carbocycles. The van der Waals surface area contributed by atoms with Gasteiger partial charge >= 0.3 is 0 Å². The molecule has 2 aromatic rings. The summed E-state index contributed by atoms with van der Waals surface area (Å²) in [6, 6.07) is 17.2. The van der Waals surface area contributed by atoms with Crippen LogP contribution in [0.4, 0.5) is 5.69 Å². The first kappa shape index (κ1) is 14.2. The maximum Gasteiger partial charge on any atom is 0.0828 e. The normalized spacial score (nSPS) is 17.3. The fourth-order valence-electron chi connectivity index (χ4n) is 2.95. The Morgan fingerprint density at radius 2 is 1.90 bits per heavy atom. The highest BCUT2D eigenvalue weighted by atomic mass is 16.5. The molecule has 0 spiro atoms. The van der Waals surface area contributed by atoms with E-state index in [1.54, 1.807) is 0 Å². The van der Waals surface area contributed by atoms with E-state index >= 15 is 0 Å². The molecule has 2 heteroatoms. The summed E-state index contributed by atoms with van der Waals surface area (Å²) >= 11 is 0. The van der Waals surface area contributed by atoms with E-state index in [2.05, 4.69) is 60.8 Å². The van der Waals surface area contributed by atoms with Gasteiger partial charge in [0.2, 0.25) is 0 Å². The van der Waals surface area contributed by atoms with E-state index in [9.17, 15) is 0 Å². The topological polar surface area (TPSA) is 21.3 Å². The highest BCUT2D eigenvalue weighted by molar-refractivity contribution is 5.44. The lowest BCUT2D eigenvalue weighted by molar-refractivity contribution is 0.0477. The quantitative estimate of drug-likeness (QED) is 0.815. The average Bonchev–Trinajstić information content (AvgIpc) is 2.53. The van der Waals surface area contributed by atoms with Gasteiger partial charge in [0, 0.05) is 12.2 Å². The third-order valence-electron chi connectivity index (χ3n) is 4.12. The minimum atomic E-state index is 0.273. The number of ether oxygens (including phenoxy) is 1. The van der Waals surface area contributed by atoms with Gasteiger partial charge in [-0.15, -0.1) is 0 Å². The van der Waals surface area contributed by atoms with Crippen molar-refractivity contribution < 1.29 is 4.74 Å². The molecule has 0 heterocycles. The first-order chi connectivity index (χ1) is 10.3. The van der Waals surface area contributed by atoms with Gasteiger partial charge in [0.05, 0.1) is 12.7 Å². The zero-order valence-electron chi connectivity index (χ0n) is 12.6. The van der Waals surface area contributed by atoms with Gasteiger partial charge in [-0.25, -0.2) is 0 Å². The minimum absolute atomic E-state index is 0.273. The number of benzene rings is 2. The highest BCUT2D eigenvalue weighted by Gasteiger charge is 2.19. The number of aryl methyl sites for hydroxylation is 2. The van der Waals surface area contributed by atoms with Crippen molar-refractivity contribution >= 4 is 5.69 Å². The first-order valence-corrected chi connectivity index (χ1v) is 7.83. The van der Waals surface area contributed by atoms with Gasteiger partial charge in [0.1, 0.15) is 0 Å². The second-order valence-electron chi connectivity index (χ2n) is 5.74. The van der Waals surface area contributed by atoms with Crippen molar-refractivity contribution in [2.45, 2.75) is 32.3 Å². The van der Waals surface area contributed by atoms with E-state index in [-0.39, 0.29) is 6.10 Å². The van der Waals surface area contributed by atoms with E-state index in [0.29, 0.717) is 0 Å². The maximum atomic E-state index is 6.09. The molecular formula is C19H23NO. The van der Waals surface area contributed by atoms with Crippen molar-refractivity contribution in [3.63, 3.8) is 0 Å². The van der Waals surface area contributed by atoms with Crippen molar-refractivity contribution in [2.75, 3.05) is 18.5 Å². The molecule has 1 aliphatic rings. The Balaban J connectivity index is 1.49. The number of hydrogen-bond donors (Lipinski definition) is 1. The van der Waals surface area contributed by atoms with Gasteiger partial charge in [-0.1, -0.05) is 42.0 Å². The first-order valence-electron chi connectivity index (χ1n) is 7.83. The molecule has 1 atom stereocenters. The minimum Gasteiger partial charge on any atom is -0.383 e. The van der Waals surface area contributed by atoms with E-state index in [1.807, 2.05) is 0 Å². The largest absolute Gasteiger partial charge is 0.383 e. The number of rotatable bonds is 5. The van der Waals surface area contributed by atoms with E-state index in [4.69, 9.17) is 4.74 Å². The molecule has 110 valence electrons. The van der Waals surface area contributed by atoms with Crippen LogP contribution in [0.2, 0.25) is 0 Å². The Morgan fingerprint density at radius 1 is 1.10 bits per heavy atom. The van der Waals surface area contributed by atoms with Crippen LogP contribution in [-0.2, 0) is 11.2 Å². The van der Waals surface area contributed by atoms with Crippen LogP contribution in [0.1, 0.15) is 35.6 Å². The van der Waals surface area contributed by atoms with Crippen molar-refractivity contribution in [3.05, 3.63) is 65.2 Å². The molecule has 2 nitrogen and oxygen atoms in total. The summed E-state index contributed by atoms with van der Waals surface area (Å²) in [7, 11) is 0. The Hall–Kier alpha value is -1.80. The summed E-state index contributed by atoms with van der Waals surface area (Å²) < 4.78 is 6.09. The van der Waals surface area contributed by atoms with Crippen LogP contribution in [-0.4, -0.2) is 13.2 Å². The van der Waals surface area contributed by atoms with Crippen molar-refractivity contribution in [1.82, 2.24) is 0 Å². The molecular weight excluding hydrogens is 258 g/mol. The fraction of sp³-hybridized carbons (Fsp3) is 0.368. The van der Waals surface area contributed by atoms with Crippen molar-refractivity contribution in [2.24, 2.45) is 0 Å². The van der Waals surface area contributed by atoms with Gasteiger partial charge in [-0.05, 0) is 49.4 Å². The summed E-state index contributed by atoms with van der Waals surface area (Å²) in [5.74, 6) is 0. The molecule has 0 fully saturated rings.